The Morgan fingerprint density at radius 3 is 3.00 bits per heavy atom. The number of hydrogen-bond acceptors (Lipinski definition) is 7. The number of fused-ring (bicyclic) bond motifs is 1. The van der Waals surface area contributed by atoms with Crippen molar-refractivity contribution < 1.29 is 39.4 Å². The standard InChI is InChI=1S/C8H10N5O3.Na/c9-8-11-6-5(7(15)12-8)10-3-13(6)4-16-2-1-14;/h3,14H,1-2,4H2,(H2,9,12,15);/q-1;+1. The zero-order valence-corrected chi connectivity index (χ0v) is 11.3. The number of aliphatic hydroxyl groups excluding tert-OH is 1. The molecule has 2 aromatic heterocycles. The van der Waals surface area contributed by atoms with Crippen molar-refractivity contribution in [1.82, 2.24) is 19.5 Å². The summed E-state index contributed by atoms with van der Waals surface area (Å²) in [7, 11) is 0. The molecule has 86 valence electrons. The number of aromatic nitrogens is 4. The Labute approximate surface area is 118 Å². The molecule has 0 atom stereocenters. The first kappa shape index (κ1) is 14.1. The third kappa shape index (κ3) is 3.05. The van der Waals surface area contributed by atoms with Crippen LogP contribution < -0.4 is 40.9 Å². The average molecular weight is 247 g/mol. The number of ether oxygens (including phenoxy) is 1. The van der Waals surface area contributed by atoms with E-state index in [0.29, 0.717) is 5.65 Å². The van der Waals surface area contributed by atoms with Gasteiger partial charge in [0.25, 0.3) is 0 Å². The molecule has 0 aliphatic heterocycles. The predicted octanol–water partition coefficient (Wildman–Crippen LogP) is -4.54. The zero-order valence-electron chi connectivity index (χ0n) is 9.33. The Kier molecular flexibility index (Phi) is 5.09. The van der Waals surface area contributed by atoms with Gasteiger partial charge in [0.2, 0.25) is 11.5 Å². The molecule has 3 N–H and O–H groups in total. The number of rotatable bonds is 4. The summed E-state index contributed by atoms with van der Waals surface area (Å²) < 4.78 is 6.60. The third-order valence-corrected chi connectivity index (χ3v) is 1.92. The molecule has 8 nitrogen and oxygen atoms in total. The van der Waals surface area contributed by atoms with Crippen LogP contribution in [0.15, 0.2) is 11.1 Å². The van der Waals surface area contributed by atoms with Gasteiger partial charge in [0.1, 0.15) is 6.73 Å². The second-order valence-corrected chi connectivity index (χ2v) is 3.03. The molecular weight excluding hydrogens is 237 g/mol. The van der Waals surface area contributed by atoms with Crippen LogP contribution >= 0.6 is 0 Å². The molecule has 0 saturated carbocycles. The summed E-state index contributed by atoms with van der Waals surface area (Å²) in [6, 6.07) is 0. The Bertz CT molecular complexity index is 552. The van der Waals surface area contributed by atoms with Crippen LogP contribution in [0.3, 0.4) is 0 Å². The maximum absolute atomic E-state index is 11.4. The van der Waals surface area contributed by atoms with E-state index in [4.69, 9.17) is 15.6 Å². The molecule has 2 rings (SSSR count). The second-order valence-electron chi connectivity index (χ2n) is 3.03. The first-order chi connectivity index (χ1) is 7.72. The number of imidazole rings is 1. The normalized spacial score (nSPS) is 10.4. The molecule has 0 unspecified atom stereocenters. The van der Waals surface area contributed by atoms with Crippen LogP contribution in [0.4, 0.5) is 5.95 Å². The van der Waals surface area contributed by atoms with Gasteiger partial charge in [0, 0.05) is 5.52 Å². The molecule has 2 heterocycles. The summed E-state index contributed by atoms with van der Waals surface area (Å²) in [5, 5.41) is 8.55. The average Bonchev–Trinajstić information content (AvgIpc) is 2.62. The molecule has 0 spiro atoms. The van der Waals surface area contributed by atoms with Crippen LogP contribution in [0.25, 0.3) is 11.2 Å². The van der Waals surface area contributed by atoms with Crippen molar-refractivity contribution in [3.63, 3.8) is 0 Å². The van der Waals surface area contributed by atoms with Crippen molar-refractivity contribution in [1.29, 1.82) is 0 Å². The van der Waals surface area contributed by atoms with E-state index in [9.17, 15) is 4.79 Å². The molecule has 0 aromatic carbocycles. The van der Waals surface area contributed by atoms with E-state index in [1.807, 2.05) is 0 Å². The minimum atomic E-state index is -0.511. The second kappa shape index (κ2) is 6.12. The van der Waals surface area contributed by atoms with Gasteiger partial charge in [-0.1, -0.05) is 6.33 Å². The van der Waals surface area contributed by atoms with Crippen LogP contribution in [0, 0.1) is 0 Å². The molecular formula is C8H10N5NaO3. The molecule has 2 aromatic rings. The zero-order chi connectivity index (χ0) is 11.5. The van der Waals surface area contributed by atoms with Gasteiger partial charge in [-0.3, -0.25) is 4.79 Å². The Morgan fingerprint density at radius 2 is 2.29 bits per heavy atom. The van der Waals surface area contributed by atoms with E-state index >= 15 is 0 Å². The Balaban J connectivity index is 0.00000144. The molecule has 17 heavy (non-hydrogen) atoms. The summed E-state index contributed by atoms with van der Waals surface area (Å²) in [5.41, 5.74) is 5.34. The van der Waals surface area contributed by atoms with Crippen LogP contribution in [0.1, 0.15) is 0 Å². The number of aliphatic hydroxyl groups is 1. The van der Waals surface area contributed by atoms with Gasteiger partial charge >= 0.3 is 29.6 Å². The van der Waals surface area contributed by atoms with Crippen molar-refractivity contribution in [2.45, 2.75) is 6.73 Å². The fourth-order valence-electron chi connectivity index (χ4n) is 1.26. The van der Waals surface area contributed by atoms with Gasteiger partial charge in [0.05, 0.1) is 18.9 Å². The molecule has 0 radical (unpaired) electrons. The Hall–Kier alpha value is -0.930. The molecule has 0 bridgehead atoms. The minimum absolute atomic E-state index is 0. The third-order valence-electron chi connectivity index (χ3n) is 1.92. The summed E-state index contributed by atoms with van der Waals surface area (Å²) >= 11 is 0. The maximum atomic E-state index is 11.4. The molecule has 0 aliphatic rings. The molecule has 0 amide bonds. The van der Waals surface area contributed by atoms with E-state index in [1.165, 1.54) is 10.9 Å². The van der Waals surface area contributed by atoms with E-state index < -0.39 is 5.56 Å². The molecule has 0 fully saturated rings. The van der Waals surface area contributed by atoms with Crippen LogP contribution in [0.5, 0.6) is 0 Å². The van der Waals surface area contributed by atoms with E-state index in [1.54, 1.807) is 0 Å². The van der Waals surface area contributed by atoms with E-state index in [-0.39, 0.29) is 61.0 Å². The van der Waals surface area contributed by atoms with Gasteiger partial charge in [-0.25, -0.2) is 4.98 Å². The van der Waals surface area contributed by atoms with Crippen LogP contribution in [-0.4, -0.2) is 37.8 Å². The first-order valence-electron chi connectivity index (χ1n) is 4.56. The Morgan fingerprint density at radius 1 is 1.53 bits per heavy atom. The van der Waals surface area contributed by atoms with Crippen molar-refractivity contribution >= 4 is 17.1 Å². The number of nitrogens with two attached hydrogens (primary N) is 1. The van der Waals surface area contributed by atoms with Crippen LogP contribution in [-0.2, 0) is 11.5 Å². The fourth-order valence-corrected chi connectivity index (χ4v) is 1.26. The van der Waals surface area contributed by atoms with E-state index in [0.717, 1.165) is 0 Å². The van der Waals surface area contributed by atoms with Gasteiger partial charge in [-0.05, 0) is 0 Å². The molecule has 9 heteroatoms. The smallest absolute Gasteiger partial charge is 0.418 e. The van der Waals surface area contributed by atoms with Crippen molar-refractivity contribution in [3.8, 4) is 0 Å². The molecule has 0 aliphatic carbocycles. The summed E-state index contributed by atoms with van der Waals surface area (Å²) in [4.78, 5) is 22.6. The predicted molar refractivity (Wildman–Crippen MR) is 54.6 cm³/mol. The van der Waals surface area contributed by atoms with Crippen molar-refractivity contribution in [2.75, 3.05) is 18.9 Å². The number of anilines is 1. The van der Waals surface area contributed by atoms with Crippen molar-refractivity contribution in [2.24, 2.45) is 0 Å². The van der Waals surface area contributed by atoms with E-state index in [2.05, 4.69) is 15.0 Å². The summed E-state index contributed by atoms with van der Waals surface area (Å²) in [5.74, 6) is -0.0959. The number of nitrogens with zero attached hydrogens (tertiary/aromatic N) is 4. The van der Waals surface area contributed by atoms with Gasteiger partial charge in [0.15, 0.2) is 0 Å². The summed E-state index contributed by atoms with van der Waals surface area (Å²) in [6.07, 6.45) is 1.41. The minimum Gasteiger partial charge on any atom is -0.418 e. The quantitative estimate of drug-likeness (QED) is 0.317. The van der Waals surface area contributed by atoms with Gasteiger partial charge < -0.3 is 25.1 Å². The first-order valence-corrected chi connectivity index (χ1v) is 4.56. The van der Waals surface area contributed by atoms with Gasteiger partial charge in [-0.15, -0.1) is 0 Å². The topological polar surface area (TPSA) is 116 Å². The SMILES string of the molecule is Nc1nc(=O)[c-]2ncn(COCCO)c2n1.[Na+]. The fraction of sp³-hybridized carbons (Fsp3) is 0.375. The summed E-state index contributed by atoms with van der Waals surface area (Å²) in [6.45, 7) is 0.272. The number of nitrogen functional groups attached to an aromatic ring is 1. The maximum Gasteiger partial charge on any atom is 1.00 e. The molecule has 0 saturated heterocycles. The number of hydrogen-bond donors (Lipinski definition) is 2. The van der Waals surface area contributed by atoms with Gasteiger partial charge in [-0.2, -0.15) is 4.98 Å². The van der Waals surface area contributed by atoms with Crippen LogP contribution in [0.2, 0.25) is 0 Å². The largest absolute Gasteiger partial charge is 1.00 e. The van der Waals surface area contributed by atoms with Crippen molar-refractivity contribution in [3.05, 3.63) is 16.7 Å². The monoisotopic (exact) mass is 247 g/mol.